The lowest BCUT2D eigenvalue weighted by Gasteiger charge is -2.13. The number of methoxy groups -OCH3 is 1. The number of hydrogen-bond acceptors (Lipinski definition) is 5. The molecule has 1 aliphatic rings. The zero-order chi connectivity index (χ0) is 21.1. The Hall–Kier alpha value is -3.61. The Labute approximate surface area is 174 Å². The molecule has 2 aromatic carbocycles. The SMILES string of the molecule is COc1ccc(-c2nn(-c3ccccc3)cc2C(=O)OC(C)C(=O)NC2CC2)cc1. The van der Waals surface area contributed by atoms with E-state index in [1.165, 1.54) is 0 Å². The van der Waals surface area contributed by atoms with E-state index in [0.29, 0.717) is 11.4 Å². The number of rotatable bonds is 7. The van der Waals surface area contributed by atoms with Crippen LogP contribution in [0.4, 0.5) is 0 Å². The van der Waals surface area contributed by atoms with Gasteiger partial charge in [-0.1, -0.05) is 18.2 Å². The van der Waals surface area contributed by atoms with Crippen LogP contribution in [-0.4, -0.2) is 40.9 Å². The molecule has 1 saturated carbocycles. The van der Waals surface area contributed by atoms with E-state index in [-0.39, 0.29) is 17.5 Å². The van der Waals surface area contributed by atoms with Gasteiger partial charge in [-0.15, -0.1) is 0 Å². The van der Waals surface area contributed by atoms with Gasteiger partial charge < -0.3 is 14.8 Å². The fourth-order valence-electron chi connectivity index (χ4n) is 3.02. The van der Waals surface area contributed by atoms with Crippen molar-refractivity contribution in [2.75, 3.05) is 7.11 Å². The number of aromatic nitrogens is 2. The number of para-hydroxylation sites is 1. The van der Waals surface area contributed by atoms with Crippen LogP contribution in [0.5, 0.6) is 5.75 Å². The molecule has 1 heterocycles. The van der Waals surface area contributed by atoms with E-state index in [4.69, 9.17) is 9.47 Å². The Bertz CT molecular complexity index is 1040. The van der Waals surface area contributed by atoms with Crippen LogP contribution in [0.15, 0.2) is 60.8 Å². The zero-order valence-corrected chi connectivity index (χ0v) is 16.9. The van der Waals surface area contributed by atoms with Crippen molar-refractivity contribution in [2.45, 2.75) is 31.9 Å². The van der Waals surface area contributed by atoms with Crippen LogP contribution < -0.4 is 10.1 Å². The van der Waals surface area contributed by atoms with Crippen molar-refractivity contribution in [2.24, 2.45) is 0 Å². The Morgan fingerprint density at radius 1 is 1.10 bits per heavy atom. The van der Waals surface area contributed by atoms with Crippen molar-refractivity contribution in [3.63, 3.8) is 0 Å². The normalized spacial score (nSPS) is 14.1. The number of nitrogens with zero attached hydrogens (tertiary/aromatic N) is 2. The topological polar surface area (TPSA) is 82.5 Å². The molecule has 1 aromatic heterocycles. The maximum absolute atomic E-state index is 12.9. The third kappa shape index (κ3) is 4.35. The number of carbonyl (C=O) groups is 2. The van der Waals surface area contributed by atoms with E-state index in [1.54, 1.807) is 37.0 Å². The molecule has 1 unspecified atom stereocenters. The van der Waals surface area contributed by atoms with Gasteiger partial charge in [-0.3, -0.25) is 4.79 Å². The average Bonchev–Trinajstić information content (AvgIpc) is 3.48. The number of carbonyl (C=O) groups excluding carboxylic acids is 2. The second kappa shape index (κ2) is 8.41. The molecule has 154 valence electrons. The Kier molecular flexibility index (Phi) is 5.52. The van der Waals surface area contributed by atoms with Crippen molar-refractivity contribution >= 4 is 11.9 Å². The fraction of sp³-hybridized carbons (Fsp3) is 0.261. The quantitative estimate of drug-likeness (QED) is 0.610. The van der Waals surface area contributed by atoms with Gasteiger partial charge in [0.1, 0.15) is 17.0 Å². The van der Waals surface area contributed by atoms with Crippen LogP contribution >= 0.6 is 0 Å². The highest BCUT2D eigenvalue weighted by molar-refractivity contribution is 5.97. The molecular formula is C23H23N3O4. The first kappa shape index (κ1) is 19.7. The number of hydrogen-bond donors (Lipinski definition) is 1. The molecule has 1 N–H and O–H groups in total. The van der Waals surface area contributed by atoms with Gasteiger partial charge in [0.2, 0.25) is 0 Å². The van der Waals surface area contributed by atoms with Gasteiger partial charge in [0.25, 0.3) is 5.91 Å². The first-order chi connectivity index (χ1) is 14.5. The Balaban J connectivity index is 1.64. The minimum absolute atomic E-state index is 0.203. The second-order valence-electron chi connectivity index (χ2n) is 7.23. The maximum atomic E-state index is 12.9. The van der Waals surface area contributed by atoms with Crippen molar-refractivity contribution in [1.82, 2.24) is 15.1 Å². The van der Waals surface area contributed by atoms with Crippen molar-refractivity contribution in [3.8, 4) is 22.7 Å². The number of nitrogens with one attached hydrogen (secondary N) is 1. The van der Waals surface area contributed by atoms with Gasteiger partial charge in [-0.2, -0.15) is 5.10 Å². The highest BCUT2D eigenvalue weighted by atomic mass is 16.5. The summed E-state index contributed by atoms with van der Waals surface area (Å²) < 4.78 is 12.3. The smallest absolute Gasteiger partial charge is 0.342 e. The van der Waals surface area contributed by atoms with Crippen molar-refractivity contribution < 1.29 is 19.1 Å². The third-order valence-electron chi connectivity index (χ3n) is 4.90. The Morgan fingerprint density at radius 3 is 2.43 bits per heavy atom. The molecule has 7 nitrogen and oxygen atoms in total. The van der Waals surface area contributed by atoms with E-state index in [9.17, 15) is 9.59 Å². The molecule has 0 bridgehead atoms. The van der Waals surface area contributed by atoms with Gasteiger partial charge in [-0.05, 0) is 56.2 Å². The summed E-state index contributed by atoms with van der Waals surface area (Å²) in [4.78, 5) is 25.1. The van der Waals surface area contributed by atoms with Crippen molar-refractivity contribution in [3.05, 3.63) is 66.4 Å². The largest absolute Gasteiger partial charge is 0.497 e. The molecule has 1 aliphatic carbocycles. The van der Waals surface area contributed by atoms with Gasteiger partial charge in [0.05, 0.1) is 12.8 Å². The van der Waals surface area contributed by atoms with Crippen LogP contribution in [0.1, 0.15) is 30.1 Å². The Morgan fingerprint density at radius 2 is 1.80 bits per heavy atom. The molecule has 30 heavy (non-hydrogen) atoms. The molecule has 0 saturated heterocycles. The standard InChI is InChI=1S/C23H23N3O4/c1-15(22(27)24-17-10-11-17)30-23(28)20-14-26(18-6-4-3-5-7-18)25-21(20)16-8-12-19(29-2)13-9-16/h3-9,12-15,17H,10-11H2,1-2H3,(H,24,27). The third-order valence-corrected chi connectivity index (χ3v) is 4.90. The van der Waals surface area contributed by atoms with E-state index in [2.05, 4.69) is 10.4 Å². The molecule has 1 amide bonds. The molecular weight excluding hydrogens is 382 g/mol. The molecule has 1 fully saturated rings. The molecule has 3 aromatic rings. The fourth-order valence-corrected chi connectivity index (χ4v) is 3.02. The minimum atomic E-state index is -0.887. The molecule has 7 heteroatoms. The van der Waals surface area contributed by atoms with Gasteiger partial charge >= 0.3 is 5.97 Å². The van der Waals surface area contributed by atoms with E-state index < -0.39 is 12.1 Å². The summed E-state index contributed by atoms with van der Waals surface area (Å²) in [6.07, 6.45) is 2.68. The van der Waals surface area contributed by atoms with Crippen molar-refractivity contribution in [1.29, 1.82) is 0 Å². The first-order valence-corrected chi connectivity index (χ1v) is 9.86. The van der Waals surface area contributed by atoms with Gasteiger partial charge in [-0.25, -0.2) is 9.48 Å². The van der Waals surface area contributed by atoms with E-state index >= 15 is 0 Å². The van der Waals surface area contributed by atoms with E-state index in [1.807, 2.05) is 42.5 Å². The first-order valence-electron chi connectivity index (χ1n) is 9.86. The van der Waals surface area contributed by atoms with Crippen LogP contribution in [-0.2, 0) is 9.53 Å². The van der Waals surface area contributed by atoms with Gasteiger partial charge in [0, 0.05) is 17.8 Å². The van der Waals surface area contributed by atoms with Crippen LogP contribution in [0.2, 0.25) is 0 Å². The summed E-state index contributed by atoms with van der Waals surface area (Å²) in [5, 5.41) is 7.46. The second-order valence-corrected chi connectivity index (χ2v) is 7.23. The molecule has 0 aliphatic heterocycles. The predicted molar refractivity (Wildman–Crippen MR) is 112 cm³/mol. The van der Waals surface area contributed by atoms with Gasteiger partial charge in [0.15, 0.2) is 6.10 Å². The zero-order valence-electron chi connectivity index (χ0n) is 16.9. The summed E-state index contributed by atoms with van der Waals surface area (Å²) in [6, 6.07) is 17.0. The molecule has 1 atom stereocenters. The lowest BCUT2D eigenvalue weighted by molar-refractivity contribution is -0.129. The number of esters is 1. The summed E-state index contributed by atoms with van der Waals surface area (Å²) in [5.41, 5.74) is 2.31. The maximum Gasteiger partial charge on any atom is 0.342 e. The summed E-state index contributed by atoms with van der Waals surface area (Å²) >= 11 is 0. The monoisotopic (exact) mass is 405 g/mol. The predicted octanol–water partition coefficient (Wildman–Crippen LogP) is 3.37. The summed E-state index contributed by atoms with van der Waals surface area (Å²) in [5.74, 6) is -0.176. The number of benzene rings is 2. The molecule has 4 rings (SSSR count). The lowest BCUT2D eigenvalue weighted by atomic mass is 10.1. The molecule has 0 spiro atoms. The lowest BCUT2D eigenvalue weighted by Crippen LogP contribution is -2.37. The highest BCUT2D eigenvalue weighted by Gasteiger charge is 2.28. The van der Waals surface area contributed by atoms with E-state index in [0.717, 1.165) is 24.1 Å². The minimum Gasteiger partial charge on any atom is -0.497 e. The molecule has 0 radical (unpaired) electrons. The summed E-state index contributed by atoms with van der Waals surface area (Å²) in [6.45, 7) is 1.57. The van der Waals surface area contributed by atoms with Crippen LogP contribution in [0, 0.1) is 0 Å². The van der Waals surface area contributed by atoms with Crippen LogP contribution in [0.25, 0.3) is 16.9 Å². The van der Waals surface area contributed by atoms with Crippen LogP contribution in [0.3, 0.4) is 0 Å². The average molecular weight is 405 g/mol. The number of ether oxygens (including phenoxy) is 2. The summed E-state index contributed by atoms with van der Waals surface area (Å²) in [7, 11) is 1.59. The highest BCUT2D eigenvalue weighted by Crippen LogP contribution is 2.27. The number of amides is 1.